The molecule has 4 nitrogen and oxygen atoms in total. The van der Waals surface area contributed by atoms with Crippen LogP contribution in [0, 0.1) is 0 Å². The highest BCUT2D eigenvalue weighted by atomic mass is 19.4. The first-order valence-corrected chi connectivity index (χ1v) is 8.52. The van der Waals surface area contributed by atoms with Gasteiger partial charge in [-0.2, -0.15) is 13.2 Å². The van der Waals surface area contributed by atoms with E-state index in [0.29, 0.717) is 22.6 Å². The van der Waals surface area contributed by atoms with E-state index >= 15 is 0 Å². The number of benzene rings is 2. The lowest BCUT2D eigenvalue weighted by Gasteiger charge is -2.23. The minimum absolute atomic E-state index is 0.105. The van der Waals surface area contributed by atoms with Crippen LogP contribution in [0.15, 0.2) is 42.5 Å². The molecule has 1 saturated carbocycles. The molecule has 3 rings (SSSR count). The highest BCUT2D eigenvalue weighted by Crippen LogP contribution is 2.33. The molecule has 0 aromatic heterocycles. The zero-order valence-electron chi connectivity index (χ0n) is 15.0. The maximum atomic E-state index is 13.0. The molecule has 1 fully saturated rings. The highest BCUT2D eigenvalue weighted by Gasteiger charge is 2.34. The number of alkyl halides is 3. The van der Waals surface area contributed by atoms with Crippen LogP contribution < -0.4 is 9.47 Å². The van der Waals surface area contributed by atoms with E-state index in [9.17, 15) is 18.0 Å². The van der Waals surface area contributed by atoms with Crippen LogP contribution in [-0.2, 0) is 12.7 Å². The first kappa shape index (κ1) is 19.1. The zero-order valence-corrected chi connectivity index (χ0v) is 15.0. The van der Waals surface area contributed by atoms with E-state index < -0.39 is 11.7 Å². The molecule has 0 N–H and O–H groups in total. The minimum atomic E-state index is -4.37. The number of hydrogen-bond acceptors (Lipinski definition) is 3. The fraction of sp³-hybridized carbons (Fsp3) is 0.350. The third kappa shape index (κ3) is 4.35. The monoisotopic (exact) mass is 379 g/mol. The number of methoxy groups -OCH3 is 2. The fourth-order valence-electron chi connectivity index (χ4n) is 2.88. The summed E-state index contributed by atoms with van der Waals surface area (Å²) in [6, 6.07) is 9.96. The van der Waals surface area contributed by atoms with Gasteiger partial charge in [-0.1, -0.05) is 12.1 Å². The first-order valence-electron chi connectivity index (χ1n) is 8.52. The van der Waals surface area contributed by atoms with Gasteiger partial charge in [0.2, 0.25) is 0 Å². The van der Waals surface area contributed by atoms with Gasteiger partial charge >= 0.3 is 6.18 Å². The normalized spacial score (nSPS) is 14.0. The molecule has 2 aromatic rings. The number of hydrogen-bond donors (Lipinski definition) is 0. The van der Waals surface area contributed by atoms with Gasteiger partial charge in [-0.25, -0.2) is 0 Å². The van der Waals surface area contributed by atoms with Crippen molar-refractivity contribution in [1.29, 1.82) is 0 Å². The van der Waals surface area contributed by atoms with Gasteiger partial charge in [-0.05, 0) is 48.7 Å². The Morgan fingerprint density at radius 1 is 1.04 bits per heavy atom. The van der Waals surface area contributed by atoms with Crippen LogP contribution >= 0.6 is 0 Å². The predicted molar refractivity (Wildman–Crippen MR) is 93.9 cm³/mol. The van der Waals surface area contributed by atoms with Crippen molar-refractivity contribution in [2.24, 2.45) is 0 Å². The average molecular weight is 379 g/mol. The van der Waals surface area contributed by atoms with Crippen molar-refractivity contribution in [3.63, 3.8) is 0 Å². The Balaban J connectivity index is 1.81. The molecular formula is C20H20F3NO3. The molecule has 0 heterocycles. The van der Waals surface area contributed by atoms with E-state index in [-0.39, 0.29) is 18.5 Å². The molecule has 0 saturated heterocycles. The van der Waals surface area contributed by atoms with Crippen LogP contribution in [0.4, 0.5) is 13.2 Å². The predicted octanol–water partition coefficient (Wildman–Crippen LogP) is 4.53. The van der Waals surface area contributed by atoms with Crippen molar-refractivity contribution in [2.75, 3.05) is 14.2 Å². The second-order valence-corrected chi connectivity index (χ2v) is 6.43. The number of nitrogens with zero attached hydrogens (tertiary/aromatic N) is 1. The molecule has 7 heteroatoms. The van der Waals surface area contributed by atoms with Gasteiger partial charge in [-0.3, -0.25) is 4.79 Å². The Bertz CT molecular complexity index is 814. The first-order chi connectivity index (χ1) is 12.8. The molecule has 1 aliphatic rings. The van der Waals surface area contributed by atoms with E-state index in [4.69, 9.17) is 9.47 Å². The maximum Gasteiger partial charge on any atom is 0.416 e. The van der Waals surface area contributed by atoms with Gasteiger partial charge in [0.15, 0.2) is 11.5 Å². The Morgan fingerprint density at radius 3 is 2.19 bits per heavy atom. The van der Waals surface area contributed by atoms with Gasteiger partial charge in [0.25, 0.3) is 5.91 Å². The summed E-state index contributed by atoms with van der Waals surface area (Å²) in [5.41, 5.74) is 0.408. The second kappa shape index (κ2) is 7.50. The van der Waals surface area contributed by atoms with Crippen molar-refractivity contribution in [3.8, 4) is 11.5 Å². The van der Waals surface area contributed by atoms with E-state index in [2.05, 4.69) is 0 Å². The van der Waals surface area contributed by atoms with Crippen LogP contribution in [0.1, 0.15) is 34.3 Å². The van der Waals surface area contributed by atoms with Gasteiger partial charge in [0.05, 0.1) is 19.8 Å². The molecule has 1 aliphatic carbocycles. The van der Waals surface area contributed by atoms with E-state index in [1.54, 1.807) is 23.1 Å². The SMILES string of the molecule is COc1ccc(C(=O)N(Cc2ccc(C(F)(F)F)cc2)C2CC2)cc1OC. The third-order valence-electron chi connectivity index (χ3n) is 4.51. The number of halogens is 3. The number of amides is 1. The summed E-state index contributed by atoms with van der Waals surface area (Å²) >= 11 is 0. The largest absolute Gasteiger partial charge is 0.493 e. The topological polar surface area (TPSA) is 38.8 Å². The Morgan fingerprint density at radius 2 is 1.67 bits per heavy atom. The van der Waals surface area contributed by atoms with Crippen molar-refractivity contribution in [2.45, 2.75) is 31.6 Å². The molecule has 0 radical (unpaired) electrons. The lowest BCUT2D eigenvalue weighted by atomic mass is 10.1. The van der Waals surface area contributed by atoms with Gasteiger partial charge in [0.1, 0.15) is 0 Å². The van der Waals surface area contributed by atoms with Gasteiger partial charge in [0, 0.05) is 18.2 Å². The number of rotatable bonds is 6. The third-order valence-corrected chi connectivity index (χ3v) is 4.51. The number of ether oxygens (including phenoxy) is 2. The summed E-state index contributed by atoms with van der Waals surface area (Å²) in [6.07, 6.45) is -2.59. The van der Waals surface area contributed by atoms with Crippen LogP contribution in [0.25, 0.3) is 0 Å². The molecule has 144 valence electrons. The standard InChI is InChI=1S/C20H20F3NO3/c1-26-17-10-5-14(11-18(17)27-2)19(25)24(16-8-9-16)12-13-3-6-15(7-4-13)20(21,22)23/h3-7,10-11,16H,8-9,12H2,1-2H3. The van der Waals surface area contributed by atoms with E-state index in [1.807, 2.05) is 0 Å². The summed E-state index contributed by atoms with van der Waals surface area (Å²) in [6.45, 7) is 0.260. The second-order valence-electron chi connectivity index (χ2n) is 6.43. The summed E-state index contributed by atoms with van der Waals surface area (Å²) < 4.78 is 48.6. The molecule has 0 spiro atoms. The molecule has 0 bridgehead atoms. The lowest BCUT2D eigenvalue weighted by molar-refractivity contribution is -0.137. The highest BCUT2D eigenvalue weighted by molar-refractivity contribution is 5.95. The maximum absolute atomic E-state index is 13.0. The van der Waals surface area contributed by atoms with Crippen LogP contribution in [-0.4, -0.2) is 31.1 Å². The molecular weight excluding hydrogens is 359 g/mol. The number of carbonyl (C=O) groups is 1. The van der Waals surface area contributed by atoms with Crippen molar-refractivity contribution in [1.82, 2.24) is 4.90 Å². The Labute approximate surface area is 155 Å². The van der Waals surface area contributed by atoms with Crippen LogP contribution in [0.2, 0.25) is 0 Å². The van der Waals surface area contributed by atoms with E-state index in [0.717, 1.165) is 25.0 Å². The summed E-state index contributed by atoms with van der Waals surface area (Å²) in [7, 11) is 3.01. The molecule has 0 unspecified atom stereocenters. The minimum Gasteiger partial charge on any atom is -0.493 e. The lowest BCUT2D eigenvalue weighted by Crippen LogP contribution is -2.32. The van der Waals surface area contributed by atoms with Crippen molar-refractivity contribution in [3.05, 3.63) is 59.2 Å². The molecule has 27 heavy (non-hydrogen) atoms. The quantitative estimate of drug-likeness (QED) is 0.740. The molecule has 0 atom stereocenters. The van der Waals surface area contributed by atoms with Gasteiger partial charge in [-0.15, -0.1) is 0 Å². The molecule has 0 aliphatic heterocycles. The summed E-state index contributed by atoms with van der Waals surface area (Å²) in [4.78, 5) is 14.7. The van der Waals surface area contributed by atoms with Crippen molar-refractivity contribution < 1.29 is 27.4 Å². The zero-order chi connectivity index (χ0) is 19.6. The van der Waals surface area contributed by atoms with Gasteiger partial charge < -0.3 is 14.4 Å². The summed E-state index contributed by atoms with van der Waals surface area (Å²) in [5.74, 6) is 0.793. The molecule has 1 amide bonds. The molecule has 2 aromatic carbocycles. The van der Waals surface area contributed by atoms with E-state index in [1.165, 1.54) is 26.4 Å². The Hall–Kier alpha value is -2.70. The summed E-state index contributed by atoms with van der Waals surface area (Å²) in [5, 5.41) is 0. The Kier molecular flexibility index (Phi) is 5.30. The average Bonchev–Trinajstić information content (AvgIpc) is 3.49. The van der Waals surface area contributed by atoms with Crippen molar-refractivity contribution >= 4 is 5.91 Å². The number of carbonyl (C=O) groups excluding carboxylic acids is 1. The van der Waals surface area contributed by atoms with Crippen LogP contribution in [0.5, 0.6) is 11.5 Å². The smallest absolute Gasteiger partial charge is 0.416 e. The fourth-order valence-corrected chi connectivity index (χ4v) is 2.88. The van der Waals surface area contributed by atoms with Crippen LogP contribution in [0.3, 0.4) is 0 Å².